The molecule has 0 spiro atoms. The van der Waals surface area contributed by atoms with Crippen molar-refractivity contribution in [2.75, 3.05) is 13.7 Å². The molecule has 0 aromatic heterocycles. The van der Waals surface area contributed by atoms with Gasteiger partial charge in [0.05, 0.1) is 13.2 Å². The lowest BCUT2D eigenvalue weighted by atomic mass is 9.91. The minimum atomic E-state index is -0.567. The third-order valence-corrected chi connectivity index (χ3v) is 3.42. The average Bonchev–Trinajstić information content (AvgIpc) is 2.34. The summed E-state index contributed by atoms with van der Waals surface area (Å²) in [7, 11) is 1.61. The molecule has 0 bridgehead atoms. The molecular formula is C13H20BrNO2. The first-order valence-electron chi connectivity index (χ1n) is 5.85. The number of benzene rings is 1. The van der Waals surface area contributed by atoms with E-state index < -0.39 is 6.10 Å². The number of rotatable bonds is 6. The van der Waals surface area contributed by atoms with E-state index in [-0.39, 0.29) is 5.92 Å². The molecule has 0 aliphatic rings. The van der Waals surface area contributed by atoms with Crippen LogP contribution in [0.4, 0.5) is 0 Å². The summed E-state index contributed by atoms with van der Waals surface area (Å²) in [6, 6.07) is 5.64. The van der Waals surface area contributed by atoms with E-state index in [0.29, 0.717) is 12.3 Å². The van der Waals surface area contributed by atoms with Crippen molar-refractivity contribution in [2.24, 2.45) is 11.7 Å². The van der Waals surface area contributed by atoms with Crippen molar-refractivity contribution in [3.63, 3.8) is 0 Å². The van der Waals surface area contributed by atoms with Gasteiger partial charge in [0.15, 0.2) is 0 Å². The third kappa shape index (κ3) is 3.69. The summed E-state index contributed by atoms with van der Waals surface area (Å²) in [5.41, 5.74) is 6.51. The molecule has 2 unspecified atom stereocenters. The second-order valence-electron chi connectivity index (χ2n) is 4.12. The summed E-state index contributed by atoms with van der Waals surface area (Å²) in [4.78, 5) is 0. The Morgan fingerprint density at radius 1 is 1.47 bits per heavy atom. The summed E-state index contributed by atoms with van der Waals surface area (Å²) in [5, 5.41) is 10.3. The molecule has 0 radical (unpaired) electrons. The zero-order valence-electron chi connectivity index (χ0n) is 10.3. The molecule has 3 N–H and O–H groups in total. The van der Waals surface area contributed by atoms with Gasteiger partial charge < -0.3 is 15.6 Å². The highest BCUT2D eigenvalue weighted by atomic mass is 79.9. The van der Waals surface area contributed by atoms with Crippen LogP contribution in [0.3, 0.4) is 0 Å². The van der Waals surface area contributed by atoms with Gasteiger partial charge in [-0.05, 0) is 25.1 Å². The maximum atomic E-state index is 10.3. The second kappa shape index (κ2) is 6.99. The molecule has 0 saturated carbocycles. The van der Waals surface area contributed by atoms with Gasteiger partial charge >= 0.3 is 0 Å². The summed E-state index contributed by atoms with van der Waals surface area (Å²) in [6.45, 7) is 2.57. The van der Waals surface area contributed by atoms with Gasteiger partial charge in [0.25, 0.3) is 0 Å². The van der Waals surface area contributed by atoms with Crippen LogP contribution in [0.2, 0.25) is 0 Å². The van der Waals surface area contributed by atoms with Gasteiger partial charge in [0, 0.05) is 16.0 Å². The van der Waals surface area contributed by atoms with Crippen molar-refractivity contribution < 1.29 is 9.84 Å². The fourth-order valence-electron chi connectivity index (χ4n) is 1.96. The van der Waals surface area contributed by atoms with Crippen LogP contribution in [0.25, 0.3) is 0 Å². The van der Waals surface area contributed by atoms with Crippen molar-refractivity contribution in [3.05, 3.63) is 28.2 Å². The Morgan fingerprint density at radius 2 is 2.18 bits per heavy atom. The molecular weight excluding hydrogens is 282 g/mol. The van der Waals surface area contributed by atoms with Crippen molar-refractivity contribution in [3.8, 4) is 5.75 Å². The molecule has 1 aromatic rings. The molecule has 0 aliphatic heterocycles. The highest BCUT2D eigenvalue weighted by Crippen LogP contribution is 2.33. The quantitative estimate of drug-likeness (QED) is 0.849. The Labute approximate surface area is 111 Å². The van der Waals surface area contributed by atoms with Crippen LogP contribution < -0.4 is 10.5 Å². The van der Waals surface area contributed by atoms with Gasteiger partial charge in [-0.15, -0.1) is 0 Å². The first-order valence-corrected chi connectivity index (χ1v) is 6.64. The van der Waals surface area contributed by atoms with E-state index in [9.17, 15) is 5.11 Å². The van der Waals surface area contributed by atoms with Crippen molar-refractivity contribution in [1.82, 2.24) is 0 Å². The number of hydrogen-bond acceptors (Lipinski definition) is 3. The first-order chi connectivity index (χ1) is 8.13. The normalized spacial score (nSPS) is 14.4. The van der Waals surface area contributed by atoms with Crippen LogP contribution in [0.5, 0.6) is 5.75 Å². The van der Waals surface area contributed by atoms with E-state index in [0.717, 1.165) is 22.9 Å². The maximum Gasteiger partial charge on any atom is 0.125 e. The van der Waals surface area contributed by atoms with Gasteiger partial charge in [0.2, 0.25) is 0 Å². The zero-order valence-corrected chi connectivity index (χ0v) is 11.9. The van der Waals surface area contributed by atoms with Crippen LogP contribution in [0, 0.1) is 5.92 Å². The minimum Gasteiger partial charge on any atom is -0.496 e. The Balaban J connectivity index is 2.97. The molecule has 1 rings (SSSR count). The number of aliphatic hydroxyl groups excluding tert-OH is 1. The van der Waals surface area contributed by atoms with E-state index in [4.69, 9.17) is 10.5 Å². The second-order valence-corrected chi connectivity index (χ2v) is 5.03. The van der Waals surface area contributed by atoms with Gasteiger partial charge in [-0.25, -0.2) is 0 Å². The van der Waals surface area contributed by atoms with E-state index >= 15 is 0 Å². The molecule has 1 aromatic carbocycles. The average molecular weight is 302 g/mol. The standard InChI is InChI=1S/C13H20BrNO2/c1-3-4-9(8-15)13(16)11-6-5-10(14)7-12(11)17-2/h5-7,9,13,16H,3-4,8,15H2,1-2H3. The molecule has 2 atom stereocenters. The molecule has 0 heterocycles. The minimum absolute atomic E-state index is 0.0788. The Kier molecular flexibility index (Phi) is 5.95. The van der Waals surface area contributed by atoms with Crippen LogP contribution in [0.15, 0.2) is 22.7 Å². The number of aliphatic hydroxyl groups is 1. The lowest BCUT2D eigenvalue weighted by molar-refractivity contribution is 0.104. The van der Waals surface area contributed by atoms with Crippen LogP contribution in [-0.2, 0) is 0 Å². The number of ether oxygens (including phenoxy) is 1. The van der Waals surface area contributed by atoms with Gasteiger partial charge in [-0.3, -0.25) is 0 Å². The highest BCUT2D eigenvalue weighted by Gasteiger charge is 2.22. The Morgan fingerprint density at radius 3 is 2.71 bits per heavy atom. The maximum absolute atomic E-state index is 10.3. The van der Waals surface area contributed by atoms with Gasteiger partial charge in [0.1, 0.15) is 5.75 Å². The molecule has 17 heavy (non-hydrogen) atoms. The molecule has 0 amide bonds. The lowest BCUT2D eigenvalue weighted by Crippen LogP contribution is -2.22. The van der Waals surface area contributed by atoms with Gasteiger partial charge in [-0.2, -0.15) is 0 Å². The Bertz CT molecular complexity index is 357. The topological polar surface area (TPSA) is 55.5 Å². The monoisotopic (exact) mass is 301 g/mol. The molecule has 4 heteroatoms. The summed E-state index contributed by atoms with van der Waals surface area (Å²) in [6.07, 6.45) is 1.36. The van der Waals surface area contributed by atoms with E-state index in [1.807, 2.05) is 18.2 Å². The van der Waals surface area contributed by atoms with Gasteiger partial charge in [-0.1, -0.05) is 35.3 Å². The van der Waals surface area contributed by atoms with Crippen molar-refractivity contribution in [1.29, 1.82) is 0 Å². The smallest absolute Gasteiger partial charge is 0.125 e. The van der Waals surface area contributed by atoms with E-state index in [1.54, 1.807) is 7.11 Å². The van der Waals surface area contributed by atoms with Crippen LogP contribution in [0.1, 0.15) is 31.4 Å². The Hall–Kier alpha value is -0.580. The van der Waals surface area contributed by atoms with E-state index in [2.05, 4.69) is 22.9 Å². The highest BCUT2D eigenvalue weighted by molar-refractivity contribution is 9.10. The number of halogens is 1. The molecule has 0 saturated heterocycles. The van der Waals surface area contributed by atoms with Crippen molar-refractivity contribution in [2.45, 2.75) is 25.9 Å². The van der Waals surface area contributed by atoms with Crippen LogP contribution in [-0.4, -0.2) is 18.8 Å². The predicted molar refractivity (Wildman–Crippen MR) is 73.1 cm³/mol. The number of methoxy groups -OCH3 is 1. The summed E-state index contributed by atoms with van der Waals surface area (Å²) < 4.78 is 6.22. The number of nitrogens with two attached hydrogens (primary N) is 1. The zero-order chi connectivity index (χ0) is 12.8. The largest absolute Gasteiger partial charge is 0.496 e. The first kappa shape index (κ1) is 14.5. The van der Waals surface area contributed by atoms with Crippen LogP contribution >= 0.6 is 15.9 Å². The summed E-state index contributed by atoms with van der Waals surface area (Å²) >= 11 is 3.38. The fraction of sp³-hybridized carbons (Fsp3) is 0.538. The van der Waals surface area contributed by atoms with E-state index in [1.165, 1.54) is 0 Å². The molecule has 3 nitrogen and oxygen atoms in total. The molecule has 0 fully saturated rings. The fourth-order valence-corrected chi connectivity index (χ4v) is 2.30. The van der Waals surface area contributed by atoms with Crippen molar-refractivity contribution >= 4 is 15.9 Å². The third-order valence-electron chi connectivity index (χ3n) is 2.92. The number of hydrogen-bond donors (Lipinski definition) is 2. The SMILES string of the molecule is CCCC(CN)C(O)c1ccc(Br)cc1OC. The molecule has 96 valence electrons. The lowest BCUT2D eigenvalue weighted by Gasteiger charge is -2.23. The predicted octanol–water partition coefficient (Wildman–Crippen LogP) is 2.87. The molecule has 0 aliphatic carbocycles. The summed E-state index contributed by atoms with van der Waals surface area (Å²) in [5.74, 6) is 0.775.